The van der Waals surface area contributed by atoms with Gasteiger partial charge in [0.2, 0.25) is 5.91 Å². The van der Waals surface area contributed by atoms with Gasteiger partial charge in [-0.2, -0.15) is 0 Å². The molecule has 0 unspecified atom stereocenters. The third-order valence-electron chi connectivity index (χ3n) is 4.95. The molecule has 0 radical (unpaired) electrons. The number of carbonyl (C=O) groups excluding carboxylic acids is 1. The van der Waals surface area contributed by atoms with Gasteiger partial charge in [0.25, 0.3) is 0 Å². The number of carbonyl (C=O) groups is 1. The Morgan fingerprint density at radius 1 is 1.12 bits per heavy atom. The third-order valence-corrected chi connectivity index (χ3v) is 5.47. The maximum atomic E-state index is 12.7. The largest absolute Gasteiger partial charge is 0.345 e. The Hall–Kier alpha value is -2.21. The number of hydrogen-bond acceptors (Lipinski definition) is 3. The van der Waals surface area contributed by atoms with Crippen LogP contribution in [0.5, 0.6) is 0 Å². The number of benzene rings is 2. The van der Waals surface area contributed by atoms with Gasteiger partial charge >= 0.3 is 0 Å². The summed E-state index contributed by atoms with van der Waals surface area (Å²) < 4.78 is 2.71. The van der Waals surface area contributed by atoms with E-state index in [1.807, 2.05) is 36.4 Å². The lowest BCUT2D eigenvalue weighted by Gasteiger charge is -2.31. The molecule has 1 aliphatic rings. The van der Waals surface area contributed by atoms with E-state index in [0.717, 1.165) is 41.2 Å². The van der Waals surface area contributed by atoms with Crippen molar-refractivity contribution in [1.29, 1.82) is 0 Å². The second-order valence-corrected chi connectivity index (χ2v) is 7.50. The van der Waals surface area contributed by atoms with Crippen molar-refractivity contribution in [3.05, 3.63) is 58.6 Å². The topological polar surface area (TPSA) is 59.8 Å². The molecule has 2 aromatic carbocycles. The number of aromatic nitrogens is 3. The van der Waals surface area contributed by atoms with Crippen LogP contribution in [-0.2, 0) is 16.9 Å². The highest BCUT2D eigenvalue weighted by molar-refractivity contribution is 9.10. The van der Waals surface area contributed by atoms with Gasteiger partial charge < -0.3 is 5.32 Å². The van der Waals surface area contributed by atoms with Crippen LogP contribution in [0.2, 0.25) is 0 Å². The zero-order valence-electron chi connectivity index (χ0n) is 13.8. The van der Waals surface area contributed by atoms with E-state index in [9.17, 15) is 4.79 Å². The van der Waals surface area contributed by atoms with Gasteiger partial charge in [-0.25, -0.2) is 4.68 Å². The Bertz CT molecular complexity index is 897. The van der Waals surface area contributed by atoms with Crippen LogP contribution in [0.4, 0.5) is 0 Å². The van der Waals surface area contributed by atoms with Gasteiger partial charge in [0.05, 0.1) is 11.1 Å². The van der Waals surface area contributed by atoms with Gasteiger partial charge in [0.15, 0.2) is 0 Å². The first-order chi connectivity index (χ1) is 12.2. The second kappa shape index (κ2) is 6.59. The van der Waals surface area contributed by atoms with Crippen LogP contribution in [0.3, 0.4) is 0 Å². The van der Waals surface area contributed by atoms with Crippen molar-refractivity contribution in [2.75, 3.05) is 0 Å². The number of rotatable bonds is 4. The van der Waals surface area contributed by atoms with Crippen LogP contribution < -0.4 is 5.32 Å². The molecular weight excluding hydrogens is 380 g/mol. The molecule has 128 valence electrons. The molecule has 25 heavy (non-hydrogen) atoms. The van der Waals surface area contributed by atoms with E-state index >= 15 is 0 Å². The highest BCUT2D eigenvalue weighted by Gasteiger charge is 2.37. The number of fused-ring (bicyclic) bond motifs is 1. The molecule has 1 saturated carbocycles. The Morgan fingerprint density at radius 2 is 1.84 bits per heavy atom. The van der Waals surface area contributed by atoms with Crippen molar-refractivity contribution >= 4 is 32.9 Å². The van der Waals surface area contributed by atoms with E-state index in [1.54, 1.807) is 4.68 Å². The van der Waals surface area contributed by atoms with Crippen LogP contribution in [0.1, 0.15) is 31.2 Å². The van der Waals surface area contributed by atoms with Gasteiger partial charge in [-0.15, -0.1) is 5.10 Å². The molecule has 4 rings (SSSR count). The van der Waals surface area contributed by atoms with Crippen molar-refractivity contribution in [2.45, 2.75) is 37.8 Å². The molecule has 0 saturated heterocycles. The lowest BCUT2D eigenvalue weighted by Crippen LogP contribution is -2.45. The quantitative estimate of drug-likeness (QED) is 0.727. The molecule has 6 heteroatoms. The van der Waals surface area contributed by atoms with Crippen molar-refractivity contribution in [3.63, 3.8) is 0 Å². The Balaban J connectivity index is 1.56. The predicted octanol–water partition coefficient (Wildman–Crippen LogP) is 3.78. The van der Waals surface area contributed by atoms with Gasteiger partial charge in [-0.3, -0.25) is 4.79 Å². The third kappa shape index (κ3) is 3.18. The van der Waals surface area contributed by atoms with Crippen molar-refractivity contribution in [3.8, 4) is 0 Å². The molecular formula is C19H19BrN4O. The highest BCUT2D eigenvalue weighted by atomic mass is 79.9. The van der Waals surface area contributed by atoms with Crippen LogP contribution in [0.15, 0.2) is 53.0 Å². The van der Waals surface area contributed by atoms with Crippen molar-refractivity contribution in [1.82, 2.24) is 20.3 Å². The zero-order chi connectivity index (χ0) is 17.3. The number of halogens is 1. The molecule has 1 amide bonds. The van der Waals surface area contributed by atoms with E-state index in [4.69, 9.17) is 0 Å². The summed E-state index contributed by atoms with van der Waals surface area (Å²) in [5, 5.41) is 11.5. The molecule has 5 nitrogen and oxygen atoms in total. The van der Waals surface area contributed by atoms with E-state index in [0.29, 0.717) is 0 Å². The SMILES string of the molecule is O=C(Cn1nnc2ccccc21)NC1(c2ccc(Br)cc2)CCCC1. The van der Waals surface area contributed by atoms with E-state index in [1.165, 1.54) is 5.56 Å². The number of amides is 1. The molecule has 3 aromatic rings. The summed E-state index contributed by atoms with van der Waals surface area (Å²) in [6, 6.07) is 15.9. The standard InChI is InChI=1S/C19H19BrN4O/c20-15-9-7-14(8-10-15)19(11-3-4-12-19)21-18(25)13-24-17-6-2-1-5-16(17)22-23-24/h1-2,5-10H,3-4,11-13H2,(H,21,25). The van der Waals surface area contributed by atoms with Gasteiger partial charge in [0, 0.05) is 4.47 Å². The minimum Gasteiger partial charge on any atom is -0.345 e. The first-order valence-electron chi connectivity index (χ1n) is 8.52. The van der Waals surface area contributed by atoms with Crippen LogP contribution >= 0.6 is 15.9 Å². The molecule has 0 spiro atoms. The fourth-order valence-corrected chi connectivity index (χ4v) is 3.97. The fraction of sp³-hybridized carbons (Fsp3) is 0.316. The predicted molar refractivity (Wildman–Crippen MR) is 100.0 cm³/mol. The molecule has 0 aliphatic heterocycles. The van der Waals surface area contributed by atoms with E-state index < -0.39 is 0 Å². The summed E-state index contributed by atoms with van der Waals surface area (Å²) in [4.78, 5) is 12.7. The Labute approximate surface area is 154 Å². The summed E-state index contributed by atoms with van der Waals surface area (Å²) in [6.45, 7) is 0.179. The monoisotopic (exact) mass is 398 g/mol. The average Bonchev–Trinajstić information content (AvgIpc) is 3.24. The minimum absolute atomic E-state index is 0.0273. The Kier molecular flexibility index (Phi) is 4.29. The summed E-state index contributed by atoms with van der Waals surface area (Å²) >= 11 is 3.48. The first kappa shape index (κ1) is 16.3. The zero-order valence-corrected chi connectivity index (χ0v) is 15.4. The van der Waals surface area contributed by atoms with Crippen LogP contribution in [0, 0.1) is 0 Å². The molecule has 1 N–H and O–H groups in total. The summed E-state index contributed by atoms with van der Waals surface area (Å²) in [7, 11) is 0. The first-order valence-corrected chi connectivity index (χ1v) is 9.31. The van der Waals surface area contributed by atoms with Crippen molar-refractivity contribution < 1.29 is 4.79 Å². The maximum Gasteiger partial charge on any atom is 0.242 e. The smallest absolute Gasteiger partial charge is 0.242 e. The maximum absolute atomic E-state index is 12.7. The number of nitrogens with zero attached hydrogens (tertiary/aromatic N) is 3. The van der Waals surface area contributed by atoms with Gasteiger partial charge in [0.1, 0.15) is 12.1 Å². The Morgan fingerprint density at radius 3 is 2.60 bits per heavy atom. The van der Waals surface area contributed by atoms with Crippen LogP contribution in [-0.4, -0.2) is 20.9 Å². The fourth-order valence-electron chi connectivity index (χ4n) is 3.71. The van der Waals surface area contributed by atoms with Gasteiger partial charge in [-0.05, 0) is 42.7 Å². The van der Waals surface area contributed by atoms with E-state index in [-0.39, 0.29) is 18.0 Å². The van der Waals surface area contributed by atoms with Gasteiger partial charge in [-0.1, -0.05) is 58.3 Å². The number of nitrogens with one attached hydrogen (secondary N) is 1. The number of hydrogen-bond donors (Lipinski definition) is 1. The molecule has 0 bridgehead atoms. The minimum atomic E-state index is -0.270. The number of para-hydroxylation sites is 1. The van der Waals surface area contributed by atoms with Crippen molar-refractivity contribution in [2.24, 2.45) is 0 Å². The normalized spacial score (nSPS) is 16.2. The lowest BCUT2D eigenvalue weighted by atomic mass is 9.88. The molecule has 0 atom stereocenters. The summed E-state index contributed by atoms with van der Waals surface area (Å²) in [6.07, 6.45) is 4.20. The molecule has 1 aromatic heterocycles. The van der Waals surface area contributed by atoms with Crippen LogP contribution in [0.25, 0.3) is 11.0 Å². The highest BCUT2D eigenvalue weighted by Crippen LogP contribution is 2.39. The molecule has 1 fully saturated rings. The molecule has 1 aliphatic carbocycles. The average molecular weight is 399 g/mol. The lowest BCUT2D eigenvalue weighted by molar-refractivity contribution is -0.123. The summed E-state index contributed by atoms with van der Waals surface area (Å²) in [5.41, 5.74) is 2.58. The summed E-state index contributed by atoms with van der Waals surface area (Å²) in [5.74, 6) is -0.0273. The molecule has 1 heterocycles. The van der Waals surface area contributed by atoms with E-state index in [2.05, 4.69) is 43.7 Å². The second-order valence-electron chi connectivity index (χ2n) is 6.58.